The van der Waals surface area contributed by atoms with Gasteiger partial charge in [-0.3, -0.25) is 4.57 Å². The standard InChI is InChI=1S/C37H40N4O3/c1-27(20-21-31-25-32(22-23-39(31)37(43)44)41-35-19-11-9-17-33(35)38-36(41)42)40(26-29-14-6-3-7-15-29)34-18-10-8-16-30(34)24-28-12-4-2-5-13-28/h2-19,27,31-32H,20-26H2,1H3,(H,38,42)(H,43,44). The van der Waals surface area contributed by atoms with E-state index >= 15 is 0 Å². The number of nitrogens with zero attached hydrogens (tertiary/aromatic N) is 3. The molecule has 0 bridgehead atoms. The van der Waals surface area contributed by atoms with Gasteiger partial charge in [0.15, 0.2) is 0 Å². The molecule has 4 aromatic carbocycles. The Morgan fingerprint density at radius 1 is 0.909 bits per heavy atom. The summed E-state index contributed by atoms with van der Waals surface area (Å²) in [7, 11) is 0. The van der Waals surface area contributed by atoms with Crippen molar-refractivity contribution in [3.63, 3.8) is 0 Å². The van der Waals surface area contributed by atoms with E-state index in [4.69, 9.17) is 0 Å². The van der Waals surface area contributed by atoms with Crippen molar-refractivity contribution in [1.29, 1.82) is 0 Å². The lowest BCUT2D eigenvalue weighted by molar-refractivity contribution is 0.0865. The van der Waals surface area contributed by atoms with Crippen LogP contribution in [0.5, 0.6) is 0 Å². The number of para-hydroxylation sites is 3. The fourth-order valence-corrected chi connectivity index (χ4v) is 6.83. The van der Waals surface area contributed by atoms with E-state index in [0.717, 1.165) is 30.4 Å². The molecule has 0 spiro atoms. The molecule has 1 aliphatic rings. The predicted molar refractivity (Wildman–Crippen MR) is 176 cm³/mol. The Morgan fingerprint density at radius 2 is 1.57 bits per heavy atom. The van der Waals surface area contributed by atoms with Gasteiger partial charge < -0.3 is 19.9 Å². The Labute approximate surface area is 258 Å². The first-order valence-corrected chi connectivity index (χ1v) is 15.6. The first-order chi connectivity index (χ1) is 21.5. The molecular formula is C37H40N4O3. The average molecular weight is 589 g/mol. The second-order valence-electron chi connectivity index (χ2n) is 12.0. The number of nitrogens with one attached hydrogen (secondary N) is 1. The maximum absolute atomic E-state index is 13.0. The Bertz CT molecular complexity index is 1750. The zero-order chi connectivity index (χ0) is 30.5. The number of anilines is 1. The van der Waals surface area contributed by atoms with Gasteiger partial charge in [0.1, 0.15) is 0 Å². The highest BCUT2D eigenvalue weighted by molar-refractivity contribution is 5.75. The molecule has 1 aromatic heterocycles. The van der Waals surface area contributed by atoms with E-state index in [-0.39, 0.29) is 23.8 Å². The summed E-state index contributed by atoms with van der Waals surface area (Å²) in [5.74, 6) is 0. The summed E-state index contributed by atoms with van der Waals surface area (Å²) in [5.41, 5.74) is 6.54. The third-order valence-corrected chi connectivity index (χ3v) is 9.11. The molecule has 0 radical (unpaired) electrons. The molecule has 1 aliphatic heterocycles. The summed E-state index contributed by atoms with van der Waals surface area (Å²) in [4.78, 5) is 32.4. The second-order valence-corrected chi connectivity index (χ2v) is 12.0. The van der Waals surface area contributed by atoms with Gasteiger partial charge in [-0.25, -0.2) is 9.59 Å². The topological polar surface area (TPSA) is 81.6 Å². The van der Waals surface area contributed by atoms with Crippen molar-refractivity contribution in [2.45, 2.75) is 63.7 Å². The van der Waals surface area contributed by atoms with Crippen LogP contribution in [0.25, 0.3) is 11.0 Å². The van der Waals surface area contributed by atoms with E-state index in [1.165, 1.54) is 22.4 Å². The number of likely N-dealkylation sites (tertiary alicyclic amines) is 1. The van der Waals surface area contributed by atoms with Gasteiger partial charge in [-0.15, -0.1) is 0 Å². The fourth-order valence-electron chi connectivity index (χ4n) is 6.83. The van der Waals surface area contributed by atoms with E-state index < -0.39 is 6.09 Å². The Hall–Kier alpha value is -4.78. The highest BCUT2D eigenvalue weighted by atomic mass is 16.4. The second kappa shape index (κ2) is 13.2. The predicted octanol–water partition coefficient (Wildman–Crippen LogP) is 7.48. The van der Waals surface area contributed by atoms with Crippen molar-refractivity contribution < 1.29 is 9.90 Å². The SMILES string of the molecule is CC(CCC1CC(n2c(=O)[nH]c3ccccc32)CCN1C(=O)O)N(Cc1ccccc1)c1ccccc1Cc1ccccc1. The van der Waals surface area contributed by atoms with Gasteiger partial charge in [0.05, 0.1) is 11.0 Å². The number of hydrogen-bond acceptors (Lipinski definition) is 3. The lowest BCUT2D eigenvalue weighted by Gasteiger charge is -2.40. The van der Waals surface area contributed by atoms with Gasteiger partial charge in [-0.2, -0.15) is 0 Å². The van der Waals surface area contributed by atoms with Crippen LogP contribution in [-0.2, 0) is 13.0 Å². The monoisotopic (exact) mass is 588 g/mol. The summed E-state index contributed by atoms with van der Waals surface area (Å²) in [6.45, 7) is 3.42. The molecule has 3 unspecified atom stereocenters. The number of aromatic amines is 1. The molecule has 1 saturated heterocycles. The number of benzene rings is 4. The zero-order valence-corrected chi connectivity index (χ0v) is 25.2. The van der Waals surface area contributed by atoms with Crippen LogP contribution >= 0.6 is 0 Å². The van der Waals surface area contributed by atoms with E-state index in [1.807, 2.05) is 41.0 Å². The van der Waals surface area contributed by atoms with Gasteiger partial charge in [-0.05, 0) is 73.9 Å². The zero-order valence-electron chi connectivity index (χ0n) is 25.2. The van der Waals surface area contributed by atoms with Gasteiger partial charge in [0.25, 0.3) is 0 Å². The number of H-pyrrole nitrogens is 1. The van der Waals surface area contributed by atoms with Crippen molar-refractivity contribution in [2.75, 3.05) is 11.4 Å². The Morgan fingerprint density at radius 3 is 2.32 bits per heavy atom. The van der Waals surface area contributed by atoms with E-state index in [1.54, 1.807) is 4.90 Å². The molecule has 5 aromatic rings. The van der Waals surface area contributed by atoms with Gasteiger partial charge >= 0.3 is 11.8 Å². The molecule has 7 nitrogen and oxygen atoms in total. The third kappa shape index (κ3) is 6.42. The Balaban J connectivity index is 1.25. The molecule has 226 valence electrons. The molecule has 7 heteroatoms. The van der Waals surface area contributed by atoms with Crippen LogP contribution in [-0.4, -0.2) is 44.3 Å². The molecule has 2 heterocycles. The Kier molecular flexibility index (Phi) is 8.82. The normalized spacial score (nSPS) is 17.4. The average Bonchev–Trinajstić information content (AvgIpc) is 3.39. The first kappa shape index (κ1) is 29.3. The molecular weight excluding hydrogens is 548 g/mol. The summed E-state index contributed by atoms with van der Waals surface area (Å²) < 4.78 is 1.84. The number of piperidine rings is 1. The number of imidazole rings is 1. The van der Waals surface area contributed by atoms with Crippen molar-refractivity contribution >= 4 is 22.8 Å². The van der Waals surface area contributed by atoms with Crippen LogP contribution in [0.3, 0.4) is 0 Å². The van der Waals surface area contributed by atoms with Gasteiger partial charge in [0, 0.05) is 36.9 Å². The van der Waals surface area contributed by atoms with Crippen LogP contribution in [0.1, 0.15) is 55.3 Å². The smallest absolute Gasteiger partial charge is 0.407 e. The maximum atomic E-state index is 13.0. The molecule has 1 amide bonds. The van der Waals surface area contributed by atoms with E-state index in [9.17, 15) is 14.7 Å². The fraction of sp³-hybridized carbons (Fsp3) is 0.297. The molecule has 0 aliphatic carbocycles. The molecule has 1 fully saturated rings. The highest BCUT2D eigenvalue weighted by Crippen LogP contribution is 2.33. The van der Waals surface area contributed by atoms with Gasteiger partial charge in [0.2, 0.25) is 0 Å². The van der Waals surface area contributed by atoms with Gasteiger partial charge in [-0.1, -0.05) is 91.0 Å². The molecule has 6 rings (SSSR count). The number of fused-ring (bicyclic) bond motifs is 1. The number of carbonyl (C=O) groups is 1. The summed E-state index contributed by atoms with van der Waals surface area (Å²) in [6, 6.07) is 37.3. The first-order valence-electron chi connectivity index (χ1n) is 15.6. The summed E-state index contributed by atoms with van der Waals surface area (Å²) in [6.07, 6.45) is 2.72. The highest BCUT2D eigenvalue weighted by Gasteiger charge is 2.34. The van der Waals surface area contributed by atoms with E-state index in [0.29, 0.717) is 25.8 Å². The van der Waals surface area contributed by atoms with Crippen LogP contribution in [0, 0.1) is 0 Å². The lowest BCUT2D eigenvalue weighted by atomic mass is 9.92. The number of carboxylic acid groups (broad SMARTS) is 1. The molecule has 0 saturated carbocycles. The van der Waals surface area contributed by atoms with Crippen molar-refractivity contribution in [3.05, 3.63) is 136 Å². The van der Waals surface area contributed by atoms with Crippen LogP contribution in [0.15, 0.2) is 114 Å². The number of hydrogen-bond donors (Lipinski definition) is 2. The summed E-state index contributed by atoms with van der Waals surface area (Å²) >= 11 is 0. The maximum Gasteiger partial charge on any atom is 0.407 e. The van der Waals surface area contributed by atoms with Crippen LogP contribution in [0.4, 0.5) is 10.5 Å². The van der Waals surface area contributed by atoms with Crippen molar-refractivity contribution in [2.24, 2.45) is 0 Å². The summed E-state index contributed by atoms with van der Waals surface area (Å²) in [5, 5.41) is 10.1. The van der Waals surface area contributed by atoms with Crippen molar-refractivity contribution in [3.8, 4) is 0 Å². The van der Waals surface area contributed by atoms with Crippen LogP contribution < -0.4 is 10.6 Å². The quantitative estimate of drug-likeness (QED) is 0.177. The number of rotatable bonds is 10. The number of aromatic nitrogens is 2. The minimum Gasteiger partial charge on any atom is -0.465 e. The minimum absolute atomic E-state index is 0.0541. The number of amides is 1. The molecule has 44 heavy (non-hydrogen) atoms. The molecule has 3 atom stereocenters. The molecule has 2 N–H and O–H groups in total. The minimum atomic E-state index is -0.887. The van der Waals surface area contributed by atoms with E-state index in [2.05, 4.69) is 89.6 Å². The largest absolute Gasteiger partial charge is 0.465 e. The van der Waals surface area contributed by atoms with Crippen molar-refractivity contribution in [1.82, 2.24) is 14.5 Å². The van der Waals surface area contributed by atoms with Crippen LogP contribution in [0.2, 0.25) is 0 Å². The lowest BCUT2D eigenvalue weighted by Crippen LogP contribution is -2.47. The third-order valence-electron chi connectivity index (χ3n) is 9.11.